The summed E-state index contributed by atoms with van der Waals surface area (Å²) in [5.41, 5.74) is 0. The molecule has 0 aromatic carbocycles. The van der Waals surface area contributed by atoms with E-state index < -0.39 is 10.0 Å². The van der Waals surface area contributed by atoms with Crippen LogP contribution in [0.15, 0.2) is 22.8 Å². The molecule has 8 heteroatoms. The Labute approximate surface area is 142 Å². The summed E-state index contributed by atoms with van der Waals surface area (Å²) >= 11 is 0. The average molecular weight is 356 g/mol. The molecule has 1 amide bonds. The number of ether oxygens (including phenoxy) is 1. The van der Waals surface area contributed by atoms with E-state index in [0.717, 1.165) is 25.7 Å². The van der Waals surface area contributed by atoms with Crippen molar-refractivity contribution in [3.8, 4) is 0 Å². The minimum absolute atomic E-state index is 0.0564. The lowest BCUT2D eigenvalue weighted by Gasteiger charge is -2.43. The van der Waals surface area contributed by atoms with Gasteiger partial charge in [-0.2, -0.15) is 0 Å². The highest BCUT2D eigenvalue weighted by Gasteiger charge is 2.37. The Bertz CT molecular complexity index is 652. The highest BCUT2D eigenvalue weighted by atomic mass is 32.2. The molecule has 0 aliphatic carbocycles. The van der Waals surface area contributed by atoms with E-state index in [1.807, 2.05) is 4.90 Å². The summed E-state index contributed by atoms with van der Waals surface area (Å²) < 4.78 is 36.0. The number of rotatable bonds is 4. The summed E-state index contributed by atoms with van der Waals surface area (Å²) in [5, 5.41) is 0. The Morgan fingerprint density at radius 3 is 2.62 bits per heavy atom. The molecule has 7 nitrogen and oxygen atoms in total. The van der Waals surface area contributed by atoms with Gasteiger partial charge in [-0.15, -0.1) is 0 Å². The van der Waals surface area contributed by atoms with Gasteiger partial charge in [0.1, 0.15) is 0 Å². The maximum Gasteiger partial charge on any atom is 0.290 e. The Balaban J connectivity index is 1.84. The monoisotopic (exact) mass is 356 g/mol. The molecule has 2 fully saturated rings. The predicted molar refractivity (Wildman–Crippen MR) is 88.2 cm³/mol. The SMILES string of the molecule is CS(=O)(=O)N1CCCC(N(C(=O)c2ccco2)C2CCOCC2)C1. The van der Waals surface area contributed by atoms with Gasteiger partial charge >= 0.3 is 0 Å². The third kappa shape index (κ3) is 3.81. The zero-order chi connectivity index (χ0) is 17.2. The first-order valence-corrected chi connectivity index (χ1v) is 10.2. The number of carbonyl (C=O) groups is 1. The lowest BCUT2D eigenvalue weighted by atomic mass is 9.99. The Kier molecular flexibility index (Phi) is 5.27. The van der Waals surface area contributed by atoms with Crippen molar-refractivity contribution in [1.29, 1.82) is 0 Å². The molecule has 0 spiro atoms. The van der Waals surface area contributed by atoms with Crippen molar-refractivity contribution in [2.24, 2.45) is 0 Å². The second-order valence-corrected chi connectivity index (χ2v) is 8.43. The smallest absolute Gasteiger partial charge is 0.290 e. The minimum atomic E-state index is -3.26. The van der Waals surface area contributed by atoms with Gasteiger partial charge in [-0.3, -0.25) is 4.79 Å². The van der Waals surface area contributed by atoms with Gasteiger partial charge in [0, 0.05) is 38.4 Å². The van der Waals surface area contributed by atoms with Crippen LogP contribution in [0, 0.1) is 0 Å². The first kappa shape index (κ1) is 17.4. The van der Waals surface area contributed by atoms with E-state index in [-0.39, 0.29) is 18.0 Å². The van der Waals surface area contributed by atoms with Crippen LogP contribution in [-0.2, 0) is 14.8 Å². The predicted octanol–water partition coefficient (Wildman–Crippen LogP) is 1.32. The maximum absolute atomic E-state index is 13.0. The average Bonchev–Trinajstić information content (AvgIpc) is 3.10. The lowest BCUT2D eigenvalue weighted by Crippen LogP contribution is -2.55. The van der Waals surface area contributed by atoms with Crippen molar-refractivity contribution >= 4 is 15.9 Å². The van der Waals surface area contributed by atoms with E-state index in [2.05, 4.69) is 0 Å². The van der Waals surface area contributed by atoms with Crippen molar-refractivity contribution in [1.82, 2.24) is 9.21 Å². The number of nitrogens with zero attached hydrogens (tertiary/aromatic N) is 2. The number of hydrogen-bond acceptors (Lipinski definition) is 5. The number of furan rings is 1. The molecule has 1 aromatic heterocycles. The summed E-state index contributed by atoms with van der Waals surface area (Å²) in [6.45, 7) is 2.11. The number of hydrogen-bond donors (Lipinski definition) is 0. The molecule has 1 aromatic rings. The molecule has 3 heterocycles. The lowest BCUT2D eigenvalue weighted by molar-refractivity contribution is 0.00690. The number of sulfonamides is 1. The molecule has 134 valence electrons. The molecule has 0 bridgehead atoms. The van der Waals surface area contributed by atoms with Crippen LogP contribution in [0.5, 0.6) is 0 Å². The molecule has 24 heavy (non-hydrogen) atoms. The van der Waals surface area contributed by atoms with Crippen LogP contribution in [0.3, 0.4) is 0 Å². The summed E-state index contributed by atoms with van der Waals surface area (Å²) in [4.78, 5) is 14.8. The van der Waals surface area contributed by atoms with Gasteiger partial charge < -0.3 is 14.1 Å². The fourth-order valence-corrected chi connectivity index (χ4v) is 4.47. The second kappa shape index (κ2) is 7.25. The number of carbonyl (C=O) groups excluding carboxylic acids is 1. The van der Waals surface area contributed by atoms with Crippen molar-refractivity contribution in [2.75, 3.05) is 32.6 Å². The highest BCUT2D eigenvalue weighted by molar-refractivity contribution is 7.88. The number of amides is 1. The van der Waals surface area contributed by atoms with Gasteiger partial charge in [-0.1, -0.05) is 0 Å². The van der Waals surface area contributed by atoms with Crippen LogP contribution in [-0.4, -0.2) is 68.2 Å². The van der Waals surface area contributed by atoms with Gasteiger partial charge in [-0.25, -0.2) is 12.7 Å². The van der Waals surface area contributed by atoms with E-state index in [1.165, 1.54) is 16.8 Å². The molecule has 0 N–H and O–H groups in total. The third-order valence-electron chi connectivity index (χ3n) is 4.77. The van der Waals surface area contributed by atoms with E-state index >= 15 is 0 Å². The molecule has 0 radical (unpaired) electrons. The molecule has 2 aliphatic heterocycles. The standard InChI is InChI=1S/C16H24N2O5S/c1-24(20,21)17-8-2-4-14(12-17)18(13-6-10-22-11-7-13)16(19)15-5-3-9-23-15/h3,5,9,13-14H,2,4,6-8,10-12H2,1H3. The quantitative estimate of drug-likeness (QED) is 0.813. The fraction of sp³-hybridized carbons (Fsp3) is 0.688. The minimum Gasteiger partial charge on any atom is -0.459 e. The Morgan fingerprint density at radius 1 is 1.25 bits per heavy atom. The Morgan fingerprint density at radius 2 is 2.00 bits per heavy atom. The van der Waals surface area contributed by atoms with Crippen LogP contribution in [0.1, 0.15) is 36.2 Å². The third-order valence-corrected chi connectivity index (χ3v) is 6.04. The van der Waals surface area contributed by atoms with Crippen molar-refractivity contribution in [2.45, 2.75) is 37.8 Å². The van der Waals surface area contributed by atoms with Gasteiger partial charge in [-0.05, 0) is 37.8 Å². The molecule has 3 rings (SSSR count). The van der Waals surface area contributed by atoms with Gasteiger partial charge in [0.15, 0.2) is 5.76 Å². The molecular formula is C16H24N2O5S. The normalized spacial score (nSPS) is 24.0. The molecule has 0 saturated carbocycles. The van der Waals surface area contributed by atoms with E-state index in [9.17, 15) is 13.2 Å². The summed E-state index contributed by atoms with van der Waals surface area (Å²) in [7, 11) is -3.26. The van der Waals surface area contributed by atoms with Gasteiger partial charge in [0.05, 0.1) is 12.5 Å². The van der Waals surface area contributed by atoms with Crippen LogP contribution in [0.25, 0.3) is 0 Å². The molecule has 2 aliphatic rings. The Hall–Kier alpha value is -1.38. The summed E-state index contributed by atoms with van der Waals surface area (Å²) in [6, 6.07) is 3.28. The maximum atomic E-state index is 13.0. The van der Waals surface area contributed by atoms with Crippen LogP contribution in [0.4, 0.5) is 0 Å². The van der Waals surface area contributed by atoms with E-state index in [0.29, 0.717) is 32.1 Å². The zero-order valence-electron chi connectivity index (χ0n) is 13.9. The van der Waals surface area contributed by atoms with Crippen LogP contribution in [0.2, 0.25) is 0 Å². The molecule has 1 atom stereocenters. The first-order valence-electron chi connectivity index (χ1n) is 8.36. The number of piperidine rings is 1. The summed E-state index contributed by atoms with van der Waals surface area (Å²) in [6.07, 6.45) is 5.80. The molecule has 2 saturated heterocycles. The largest absolute Gasteiger partial charge is 0.459 e. The van der Waals surface area contributed by atoms with Crippen molar-refractivity contribution in [3.05, 3.63) is 24.2 Å². The molecular weight excluding hydrogens is 332 g/mol. The van der Waals surface area contributed by atoms with Crippen LogP contribution >= 0.6 is 0 Å². The second-order valence-electron chi connectivity index (χ2n) is 6.45. The van der Waals surface area contributed by atoms with Gasteiger partial charge in [0.25, 0.3) is 5.91 Å². The van der Waals surface area contributed by atoms with Crippen molar-refractivity contribution < 1.29 is 22.4 Å². The first-order chi connectivity index (χ1) is 11.5. The van der Waals surface area contributed by atoms with Crippen LogP contribution < -0.4 is 0 Å². The van der Waals surface area contributed by atoms with Crippen molar-refractivity contribution in [3.63, 3.8) is 0 Å². The van der Waals surface area contributed by atoms with E-state index in [1.54, 1.807) is 12.1 Å². The highest BCUT2D eigenvalue weighted by Crippen LogP contribution is 2.26. The fourth-order valence-electron chi connectivity index (χ4n) is 3.57. The zero-order valence-corrected chi connectivity index (χ0v) is 14.7. The molecule has 1 unspecified atom stereocenters. The topological polar surface area (TPSA) is 80.1 Å². The van der Waals surface area contributed by atoms with E-state index in [4.69, 9.17) is 9.15 Å². The van der Waals surface area contributed by atoms with Gasteiger partial charge in [0.2, 0.25) is 10.0 Å². The summed E-state index contributed by atoms with van der Waals surface area (Å²) in [5.74, 6) is 0.144.